The summed E-state index contributed by atoms with van der Waals surface area (Å²) in [5, 5.41) is 2.94. The Balaban J connectivity index is 1.54. The number of methoxy groups -OCH3 is 1. The molecule has 0 radical (unpaired) electrons. The Bertz CT molecular complexity index is 851. The van der Waals surface area contributed by atoms with Gasteiger partial charge in [-0.05, 0) is 49.3 Å². The van der Waals surface area contributed by atoms with Crippen molar-refractivity contribution in [3.05, 3.63) is 42.0 Å². The summed E-state index contributed by atoms with van der Waals surface area (Å²) in [6, 6.07) is 11.2. The molecule has 7 nitrogen and oxygen atoms in total. The first-order valence-corrected chi connectivity index (χ1v) is 10.3. The van der Waals surface area contributed by atoms with Crippen molar-refractivity contribution in [3.63, 3.8) is 0 Å². The molecule has 7 heteroatoms. The molecule has 30 heavy (non-hydrogen) atoms. The Morgan fingerprint density at radius 3 is 2.63 bits per heavy atom. The van der Waals surface area contributed by atoms with Gasteiger partial charge in [-0.3, -0.25) is 4.79 Å². The van der Waals surface area contributed by atoms with E-state index in [1.807, 2.05) is 24.3 Å². The van der Waals surface area contributed by atoms with E-state index < -0.39 is 0 Å². The lowest BCUT2D eigenvalue weighted by atomic mass is 10.1. The van der Waals surface area contributed by atoms with Crippen molar-refractivity contribution in [1.29, 1.82) is 0 Å². The predicted octanol–water partition coefficient (Wildman–Crippen LogP) is 3.72. The average molecular weight is 415 g/mol. The lowest BCUT2D eigenvalue weighted by molar-refractivity contribution is -0.116. The zero-order valence-corrected chi connectivity index (χ0v) is 17.9. The summed E-state index contributed by atoms with van der Waals surface area (Å²) in [6.07, 6.45) is 0.982. The molecule has 162 valence electrons. The number of carbonyl (C=O) groups is 1. The van der Waals surface area contributed by atoms with Crippen LogP contribution in [0.4, 0.5) is 5.69 Å². The number of amides is 1. The van der Waals surface area contributed by atoms with Gasteiger partial charge in [0.25, 0.3) is 0 Å². The summed E-state index contributed by atoms with van der Waals surface area (Å²) >= 11 is 0. The molecule has 0 fully saturated rings. The molecular weight excluding hydrogens is 384 g/mol. The molecule has 1 heterocycles. The van der Waals surface area contributed by atoms with Crippen molar-refractivity contribution in [2.24, 2.45) is 0 Å². The summed E-state index contributed by atoms with van der Waals surface area (Å²) in [5.41, 5.74) is 1.72. The fraction of sp³-hybridized carbons (Fsp3) is 0.435. The van der Waals surface area contributed by atoms with Crippen LogP contribution in [0.5, 0.6) is 23.0 Å². The molecule has 0 spiro atoms. The van der Waals surface area contributed by atoms with Gasteiger partial charge in [0.05, 0.1) is 7.11 Å². The highest BCUT2D eigenvalue weighted by Crippen LogP contribution is 2.33. The number of nitrogens with one attached hydrogen (secondary N) is 1. The summed E-state index contributed by atoms with van der Waals surface area (Å²) in [7, 11) is 1.61. The number of hydrogen-bond donors (Lipinski definition) is 1. The van der Waals surface area contributed by atoms with Crippen LogP contribution in [0.2, 0.25) is 0 Å². The third kappa shape index (κ3) is 5.79. The summed E-state index contributed by atoms with van der Waals surface area (Å²) < 4.78 is 22.0. The second-order valence-corrected chi connectivity index (χ2v) is 6.98. The second-order valence-electron chi connectivity index (χ2n) is 6.98. The van der Waals surface area contributed by atoms with Crippen molar-refractivity contribution in [3.8, 4) is 23.0 Å². The van der Waals surface area contributed by atoms with Gasteiger partial charge in [0, 0.05) is 24.7 Å². The van der Waals surface area contributed by atoms with Crippen molar-refractivity contribution in [1.82, 2.24) is 4.90 Å². The Hall–Kier alpha value is -2.93. The molecular formula is C23H30N2O5. The lowest BCUT2D eigenvalue weighted by Crippen LogP contribution is -2.28. The lowest BCUT2D eigenvalue weighted by Gasteiger charge is -2.19. The minimum atomic E-state index is -0.0630. The van der Waals surface area contributed by atoms with E-state index in [-0.39, 0.29) is 12.7 Å². The largest absolute Gasteiger partial charge is 0.493 e. The molecule has 1 N–H and O–H groups in total. The Kier molecular flexibility index (Phi) is 7.79. The van der Waals surface area contributed by atoms with Crippen LogP contribution in [0.3, 0.4) is 0 Å². The van der Waals surface area contributed by atoms with E-state index in [4.69, 9.17) is 18.9 Å². The summed E-state index contributed by atoms with van der Waals surface area (Å²) in [6.45, 7) is 7.86. The van der Waals surface area contributed by atoms with Gasteiger partial charge in [-0.2, -0.15) is 0 Å². The van der Waals surface area contributed by atoms with Crippen molar-refractivity contribution < 1.29 is 23.7 Å². The fourth-order valence-electron chi connectivity index (χ4n) is 3.27. The highest BCUT2D eigenvalue weighted by atomic mass is 16.7. The van der Waals surface area contributed by atoms with Crippen LogP contribution in [-0.2, 0) is 11.2 Å². The number of ether oxygens (including phenoxy) is 4. The van der Waals surface area contributed by atoms with Gasteiger partial charge in [0.15, 0.2) is 23.0 Å². The van der Waals surface area contributed by atoms with Crippen molar-refractivity contribution in [2.45, 2.75) is 26.7 Å². The monoisotopic (exact) mass is 414 g/mol. The van der Waals surface area contributed by atoms with E-state index in [9.17, 15) is 4.79 Å². The standard InChI is InChI=1S/C23H30N2O5/c1-4-25(5-2)12-13-28-22-15-18(8-10-19(22)27-3)24-23(26)11-7-17-6-9-20-21(14-17)30-16-29-20/h6,8-10,14-15H,4-5,7,11-13,16H2,1-3H3,(H,24,26). The molecule has 2 aromatic rings. The molecule has 3 rings (SSSR count). The topological polar surface area (TPSA) is 69.3 Å². The number of benzene rings is 2. The van der Waals surface area contributed by atoms with Gasteiger partial charge in [0.2, 0.25) is 12.7 Å². The van der Waals surface area contributed by atoms with Crippen LogP contribution in [0.25, 0.3) is 0 Å². The number of carbonyl (C=O) groups excluding carboxylic acids is 1. The van der Waals surface area contributed by atoms with Crippen molar-refractivity contribution in [2.75, 3.05) is 45.5 Å². The molecule has 0 saturated heterocycles. The van der Waals surface area contributed by atoms with E-state index in [0.717, 1.165) is 36.7 Å². The number of nitrogens with zero attached hydrogens (tertiary/aromatic N) is 1. The third-order valence-corrected chi connectivity index (χ3v) is 5.08. The maximum atomic E-state index is 12.4. The number of hydrogen-bond acceptors (Lipinski definition) is 6. The maximum absolute atomic E-state index is 12.4. The molecule has 0 aromatic heterocycles. The Labute approximate surface area is 177 Å². The third-order valence-electron chi connectivity index (χ3n) is 5.08. The highest BCUT2D eigenvalue weighted by molar-refractivity contribution is 5.91. The van der Waals surface area contributed by atoms with Gasteiger partial charge in [-0.25, -0.2) is 0 Å². The molecule has 0 unspecified atom stereocenters. The van der Waals surface area contributed by atoms with Gasteiger partial charge >= 0.3 is 0 Å². The highest BCUT2D eigenvalue weighted by Gasteiger charge is 2.14. The smallest absolute Gasteiger partial charge is 0.231 e. The summed E-state index contributed by atoms with van der Waals surface area (Å²) in [5.74, 6) is 2.68. The molecule has 1 aliphatic heterocycles. The molecule has 0 saturated carbocycles. The number of rotatable bonds is 11. The van der Waals surface area contributed by atoms with Crippen LogP contribution in [-0.4, -0.2) is 51.0 Å². The van der Waals surface area contributed by atoms with E-state index >= 15 is 0 Å². The molecule has 0 atom stereocenters. The van der Waals surface area contributed by atoms with Gasteiger partial charge in [-0.15, -0.1) is 0 Å². The summed E-state index contributed by atoms with van der Waals surface area (Å²) in [4.78, 5) is 14.7. The van der Waals surface area contributed by atoms with Crippen LogP contribution in [0, 0.1) is 0 Å². The van der Waals surface area contributed by atoms with Gasteiger partial charge < -0.3 is 29.2 Å². The van der Waals surface area contributed by atoms with E-state index in [0.29, 0.717) is 36.6 Å². The number of likely N-dealkylation sites (N-methyl/N-ethyl adjacent to an activating group) is 1. The first kappa shape index (κ1) is 21.8. The molecule has 0 aliphatic carbocycles. The number of fused-ring (bicyclic) bond motifs is 1. The van der Waals surface area contributed by atoms with Crippen molar-refractivity contribution >= 4 is 11.6 Å². The molecule has 0 bridgehead atoms. The van der Waals surface area contributed by atoms with E-state index in [1.54, 1.807) is 19.2 Å². The van der Waals surface area contributed by atoms with E-state index in [2.05, 4.69) is 24.1 Å². The van der Waals surface area contributed by atoms with Crippen LogP contribution in [0.1, 0.15) is 25.8 Å². The van der Waals surface area contributed by atoms with Gasteiger partial charge in [-0.1, -0.05) is 19.9 Å². The second kappa shape index (κ2) is 10.7. The molecule has 1 aliphatic rings. The number of aryl methyl sites for hydroxylation is 1. The fourth-order valence-corrected chi connectivity index (χ4v) is 3.27. The molecule has 1 amide bonds. The predicted molar refractivity (Wildman–Crippen MR) is 116 cm³/mol. The minimum absolute atomic E-state index is 0.0630. The number of anilines is 1. The van der Waals surface area contributed by atoms with Crippen LogP contribution >= 0.6 is 0 Å². The average Bonchev–Trinajstić information content (AvgIpc) is 3.23. The minimum Gasteiger partial charge on any atom is -0.493 e. The Morgan fingerprint density at radius 2 is 1.87 bits per heavy atom. The van der Waals surface area contributed by atoms with Crippen LogP contribution < -0.4 is 24.3 Å². The maximum Gasteiger partial charge on any atom is 0.231 e. The molecule has 2 aromatic carbocycles. The first-order chi connectivity index (χ1) is 14.6. The zero-order chi connectivity index (χ0) is 21.3. The van der Waals surface area contributed by atoms with E-state index in [1.165, 1.54) is 0 Å². The normalized spacial score (nSPS) is 12.1. The zero-order valence-electron chi connectivity index (χ0n) is 17.9. The first-order valence-electron chi connectivity index (χ1n) is 10.3. The quantitative estimate of drug-likeness (QED) is 0.604. The van der Waals surface area contributed by atoms with Gasteiger partial charge in [0.1, 0.15) is 6.61 Å². The van der Waals surface area contributed by atoms with Crippen LogP contribution in [0.15, 0.2) is 36.4 Å². The Morgan fingerprint density at radius 1 is 1.07 bits per heavy atom. The SMILES string of the molecule is CCN(CC)CCOc1cc(NC(=O)CCc2ccc3c(c2)OCO3)ccc1OC.